The van der Waals surface area contributed by atoms with Crippen LogP contribution in [-0.4, -0.2) is 66.0 Å². The van der Waals surface area contributed by atoms with Crippen molar-refractivity contribution in [1.29, 1.82) is 0 Å². The Morgan fingerprint density at radius 2 is 2.00 bits per heavy atom. The third-order valence-corrected chi connectivity index (χ3v) is 5.37. The maximum absolute atomic E-state index is 12.6. The third-order valence-electron chi connectivity index (χ3n) is 5.37. The number of rotatable bonds is 5. The molecule has 2 fully saturated rings. The number of fused-ring (bicyclic) bond motifs is 1. The van der Waals surface area contributed by atoms with E-state index >= 15 is 0 Å². The molecule has 1 aromatic heterocycles. The average molecular weight is 357 g/mol. The number of piperidine rings is 1. The van der Waals surface area contributed by atoms with E-state index < -0.39 is 0 Å². The summed E-state index contributed by atoms with van der Waals surface area (Å²) in [4.78, 5) is 32.8. The minimum Gasteiger partial charge on any atom is -0.440 e. The Labute approximate surface area is 151 Å². The number of para-hydroxylation sites is 2. The van der Waals surface area contributed by atoms with Crippen LogP contribution in [-0.2, 0) is 14.3 Å². The highest BCUT2D eigenvalue weighted by Gasteiger charge is 2.42. The summed E-state index contributed by atoms with van der Waals surface area (Å²) in [5.41, 5.74) is 1.70. The second-order valence-electron chi connectivity index (χ2n) is 6.93. The molecule has 1 atom stereocenters. The van der Waals surface area contributed by atoms with Crippen LogP contribution < -0.4 is 0 Å². The second-order valence-corrected chi connectivity index (χ2v) is 6.93. The fourth-order valence-electron chi connectivity index (χ4n) is 3.89. The molecule has 0 N–H and O–H groups in total. The molecule has 3 heterocycles. The lowest BCUT2D eigenvalue weighted by Crippen LogP contribution is -2.46. The Morgan fingerprint density at radius 3 is 2.73 bits per heavy atom. The molecule has 0 radical (unpaired) electrons. The van der Waals surface area contributed by atoms with Crippen molar-refractivity contribution >= 4 is 22.9 Å². The molecule has 0 aliphatic carbocycles. The molecule has 4 rings (SSSR count). The van der Waals surface area contributed by atoms with Gasteiger partial charge in [0.2, 0.25) is 11.8 Å². The molecule has 7 heteroatoms. The van der Waals surface area contributed by atoms with Gasteiger partial charge >= 0.3 is 0 Å². The summed E-state index contributed by atoms with van der Waals surface area (Å²) in [6.45, 7) is 2.25. The topological polar surface area (TPSA) is 75.9 Å². The second kappa shape index (κ2) is 7.17. The smallest absolute Gasteiger partial charge is 0.247 e. The molecule has 7 nitrogen and oxygen atoms in total. The zero-order valence-corrected chi connectivity index (χ0v) is 14.9. The van der Waals surface area contributed by atoms with Crippen LogP contribution in [0, 0.1) is 0 Å². The van der Waals surface area contributed by atoms with E-state index in [0.29, 0.717) is 13.2 Å². The minimum absolute atomic E-state index is 0.0904. The van der Waals surface area contributed by atoms with Crippen LogP contribution >= 0.6 is 0 Å². The molecule has 138 valence electrons. The number of oxazole rings is 1. The van der Waals surface area contributed by atoms with Crippen LogP contribution in [0.25, 0.3) is 11.1 Å². The predicted octanol–water partition coefficient (Wildman–Crippen LogP) is 1.78. The number of imide groups is 1. The highest BCUT2D eigenvalue weighted by atomic mass is 16.5. The average Bonchev–Trinajstić information content (AvgIpc) is 3.21. The fraction of sp³-hybridized carbons (Fsp3) is 0.526. The van der Waals surface area contributed by atoms with Crippen molar-refractivity contribution in [3.05, 3.63) is 30.2 Å². The summed E-state index contributed by atoms with van der Waals surface area (Å²) in [6.07, 6.45) is 2.03. The molecular weight excluding hydrogens is 334 g/mol. The van der Waals surface area contributed by atoms with Gasteiger partial charge in [0.1, 0.15) is 5.52 Å². The molecule has 0 bridgehead atoms. The van der Waals surface area contributed by atoms with Crippen LogP contribution in [0.3, 0.4) is 0 Å². The van der Waals surface area contributed by atoms with Gasteiger partial charge in [-0.25, -0.2) is 4.98 Å². The third kappa shape index (κ3) is 3.12. The van der Waals surface area contributed by atoms with Crippen LogP contribution in [0.1, 0.15) is 31.1 Å². The Kier molecular flexibility index (Phi) is 4.74. The van der Waals surface area contributed by atoms with E-state index in [-0.39, 0.29) is 30.2 Å². The summed E-state index contributed by atoms with van der Waals surface area (Å²) in [5, 5.41) is 0. The predicted molar refractivity (Wildman–Crippen MR) is 94.6 cm³/mol. The lowest BCUT2D eigenvalue weighted by Gasteiger charge is -2.33. The number of hydrogen-bond donors (Lipinski definition) is 0. The van der Waals surface area contributed by atoms with Crippen molar-refractivity contribution in [3.8, 4) is 0 Å². The van der Waals surface area contributed by atoms with Crippen LogP contribution in [0.4, 0.5) is 0 Å². The summed E-state index contributed by atoms with van der Waals surface area (Å²) in [5.74, 6) is 0.849. The maximum Gasteiger partial charge on any atom is 0.247 e. The van der Waals surface area contributed by atoms with E-state index in [1.165, 1.54) is 4.90 Å². The van der Waals surface area contributed by atoms with Crippen molar-refractivity contribution < 1.29 is 18.7 Å². The van der Waals surface area contributed by atoms with Gasteiger partial charge in [0.25, 0.3) is 0 Å². The van der Waals surface area contributed by atoms with Gasteiger partial charge in [-0.15, -0.1) is 0 Å². The normalized spacial score (nSPS) is 22.7. The van der Waals surface area contributed by atoms with E-state index in [0.717, 1.165) is 42.9 Å². The van der Waals surface area contributed by atoms with Gasteiger partial charge in [0.05, 0.1) is 25.6 Å². The van der Waals surface area contributed by atoms with Crippen LogP contribution in [0.15, 0.2) is 28.7 Å². The standard InChI is InChI=1S/C19H23N3O4/c1-25-11-10-22-17(23)12-15(19(22)24)21-8-6-13(7-9-21)18-20-14-4-2-3-5-16(14)26-18/h2-5,13,15H,6-12H2,1H3. The molecule has 2 aliphatic heterocycles. The molecule has 2 aliphatic rings. The van der Waals surface area contributed by atoms with Gasteiger partial charge in [-0.2, -0.15) is 0 Å². The molecule has 1 unspecified atom stereocenters. The Hall–Kier alpha value is -2.25. The van der Waals surface area contributed by atoms with Crippen molar-refractivity contribution in [2.75, 3.05) is 33.4 Å². The van der Waals surface area contributed by atoms with Gasteiger partial charge in [-0.1, -0.05) is 12.1 Å². The Morgan fingerprint density at radius 1 is 1.23 bits per heavy atom. The maximum atomic E-state index is 12.6. The highest BCUT2D eigenvalue weighted by Crippen LogP contribution is 2.32. The molecule has 0 spiro atoms. The molecule has 2 saturated heterocycles. The summed E-state index contributed by atoms with van der Waals surface area (Å²) >= 11 is 0. The summed E-state index contributed by atoms with van der Waals surface area (Å²) in [6, 6.07) is 7.45. The number of nitrogens with zero attached hydrogens (tertiary/aromatic N) is 3. The largest absolute Gasteiger partial charge is 0.440 e. The first-order chi connectivity index (χ1) is 12.7. The van der Waals surface area contributed by atoms with Crippen LogP contribution in [0.2, 0.25) is 0 Å². The first-order valence-corrected chi connectivity index (χ1v) is 9.10. The van der Waals surface area contributed by atoms with Gasteiger partial charge in [-0.3, -0.25) is 19.4 Å². The first kappa shape index (κ1) is 17.2. The Bertz CT molecular complexity index is 777. The summed E-state index contributed by atoms with van der Waals surface area (Å²) in [7, 11) is 1.57. The summed E-state index contributed by atoms with van der Waals surface area (Å²) < 4.78 is 10.9. The van der Waals surface area contributed by atoms with E-state index in [1.807, 2.05) is 24.3 Å². The van der Waals surface area contributed by atoms with Gasteiger partial charge in [-0.05, 0) is 38.1 Å². The lowest BCUT2D eigenvalue weighted by molar-refractivity contribution is -0.140. The number of benzene rings is 1. The zero-order valence-electron chi connectivity index (χ0n) is 14.9. The van der Waals surface area contributed by atoms with E-state index in [1.54, 1.807) is 7.11 Å². The minimum atomic E-state index is -0.330. The van der Waals surface area contributed by atoms with E-state index in [4.69, 9.17) is 9.15 Å². The lowest BCUT2D eigenvalue weighted by atomic mass is 9.95. The molecular formula is C19H23N3O4. The molecule has 0 saturated carbocycles. The number of likely N-dealkylation sites (tertiary alicyclic amines) is 2. The van der Waals surface area contributed by atoms with E-state index in [9.17, 15) is 9.59 Å². The number of carbonyl (C=O) groups excluding carboxylic acids is 2. The Balaban J connectivity index is 1.39. The molecule has 2 amide bonds. The van der Waals surface area contributed by atoms with Crippen molar-refractivity contribution in [1.82, 2.24) is 14.8 Å². The molecule has 26 heavy (non-hydrogen) atoms. The van der Waals surface area contributed by atoms with Crippen molar-refractivity contribution in [2.24, 2.45) is 0 Å². The monoisotopic (exact) mass is 357 g/mol. The number of aromatic nitrogens is 1. The quantitative estimate of drug-likeness (QED) is 0.760. The zero-order chi connectivity index (χ0) is 18.1. The van der Waals surface area contributed by atoms with Gasteiger partial charge in [0, 0.05) is 13.0 Å². The molecule has 2 aromatic rings. The van der Waals surface area contributed by atoms with Crippen molar-refractivity contribution in [2.45, 2.75) is 31.2 Å². The number of methoxy groups -OCH3 is 1. The fourth-order valence-corrected chi connectivity index (χ4v) is 3.89. The van der Waals surface area contributed by atoms with Crippen molar-refractivity contribution in [3.63, 3.8) is 0 Å². The molecule has 1 aromatic carbocycles. The van der Waals surface area contributed by atoms with Gasteiger partial charge in [0.15, 0.2) is 11.5 Å². The number of hydrogen-bond acceptors (Lipinski definition) is 6. The SMILES string of the molecule is COCCN1C(=O)CC(N2CCC(c3nc4ccccc4o3)CC2)C1=O. The number of ether oxygens (including phenoxy) is 1. The van der Waals surface area contributed by atoms with E-state index in [2.05, 4.69) is 9.88 Å². The highest BCUT2D eigenvalue weighted by molar-refractivity contribution is 6.05. The first-order valence-electron chi connectivity index (χ1n) is 9.10. The van der Waals surface area contributed by atoms with Crippen LogP contribution in [0.5, 0.6) is 0 Å². The number of amides is 2. The van der Waals surface area contributed by atoms with Gasteiger partial charge < -0.3 is 9.15 Å². The number of carbonyl (C=O) groups is 2.